The minimum atomic E-state index is -0.604. The van der Waals surface area contributed by atoms with Crippen LogP contribution in [-0.2, 0) is 15.9 Å². The van der Waals surface area contributed by atoms with E-state index < -0.39 is 18.0 Å². The molecule has 1 atom stereocenters. The van der Waals surface area contributed by atoms with Crippen LogP contribution in [-0.4, -0.2) is 46.7 Å². The molecule has 1 aliphatic rings. The molecule has 0 saturated carbocycles. The Labute approximate surface area is 166 Å². The predicted molar refractivity (Wildman–Crippen MR) is 102 cm³/mol. The third kappa shape index (κ3) is 3.64. The smallest absolute Gasteiger partial charge is 0.338 e. The summed E-state index contributed by atoms with van der Waals surface area (Å²) in [5, 5.41) is 0. The van der Waals surface area contributed by atoms with Gasteiger partial charge in [0.1, 0.15) is 5.82 Å². The summed E-state index contributed by atoms with van der Waals surface area (Å²) in [5.74, 6) is -0.254. The van der Waals surface area contributed by atoms with Gasteiger partial charge < -0.3 is 14.4 Å². The Morgan fingerprint density at radius 3 is 2.66 bits per heavy atom. The Kier molecular flexibility index (Phi) is 5.13. The lowest BCUT2D eigenvalue weighted by atomic mass is 10.0. The summed E-state index contributed by atoms with van der Waals surface area (Å²) >= 11 is 0. The lowest BCUT2D eigenvalue weighted by Crippen LogP contribution is -2.37. The molecule has 0 fully saturated rings. The Morgan fingerprint density at radius 2 is 1.93 bits per heavy atom. The maximum absolute atomic E-state index is 14.1. The number of ether oxygens (including phenoxy) is 2. The zero-order chi connectivity index (χ0) is 20.4. The number of halogens is 1. The number of aromatic nitrogens is 4. The van der Waals surface area contributed by atoms with Crippen molar-refractivity contribution in [1.82, 2.24) is 19.9 Å². The molecule has 0 saturated heterocycles. The molecule has 3 aromatic rings. The van der Waals surface area contributed by atoms with E-state index in [2.05, 4.69) is 19.9 Å². The number of methoxy groups -OCH3 is 2. The van der Waals surface area contributed by atoms with Gasteiger partial charge in [-0.1, -0.05) is 0 Å². The molecular weight excluding hydrogens is 377 g/mol. The number of hydrogen-bond acceptors (Lipinski definition) is 8. The zero-order valence-electron chi connectivity index (χ0n) is 15.9. The first-order valence-corrected chi connectivity index (χ1v) is 8.92. The van der Waals surface area contributed by atoms with Crippen LogP contribution in [0.3, 0.4) is 0 Å². The molecule has 29 heavy (non-hydrogen) atoms. The zero-order valence-corrected chi connectivity index (χ0v) is 15.9. The fourth-order valence-electron chi connectivity index (χ4n) is 3.36. The van der Waals surface area contributed by atoms with Crippen LogP contribution >= 0.6 is 0 Å². The average Bonchev–Trinajstić information content (AvgIpc) is 2.77. The van der Waals surface area contributed by atoms with Gasteiger partial charge in [0, 0.05) is 49.9 Å². The van der Waals surface area contributed by atoms with Gasteiger partial charge in [0.2, 0.25) is 0 Å². The van der Waals surface area contributed by atoms with Gasteiger partial charge in [-0.2, -0.15) is 0 Å². The van der Waals surface area contributed by atoms with E-state index in [1.54, 1.807) is 37.8 Å². The Balaban J connectivity index is 1.70. The van der Waals surface area contributed by atoms with Gasteiger partial charge in [-0.05, 0) is 24.3 Å². The Bertz CT molecular complexity index is 1050. The molecule has 4 rings (SSSR count). The lowest BCUT2D eigenvalue weighted by molar-refractivity contribution is 0.0599. The van der Waals surface area contributed by atoms with Crippen molar-refractivity contribution in [3.05, 3.63) is 65.5 Å². The van der Waals surface area contributed by atoms with Gasteiger partial charge in [-0.3, -0.25) is 0 Å². The first kappa shape index (κ1) is 18.9. The normalized spacial score (nSPS) is 15.7. The van der Waals surface area contributed by atoms with E-state index in [0.717, 1.165) is 17.3 Å². The summed E-state index contributed by atoms with van der Waals surface area (Å²) in [7, 11) is 2.81. The first-order chi connectivity index (χ1) is 14.1. The summed E-state index contributed by atoms with van der Waals surface area (Å²) in [6.07, 6.45) is 4.99. The number of rotatable bonds is 4. The molecular formula is C20H18FN5O3. The van der Waals surface area contributed by atoms with Crippen LogP contribution in [0, 0.1) is 5.82 Å². The molecule has 0 aliphatic carbocycles. The summed E-state index contributed by atoms with van der Waals surface area (Å²) in [6, 6.07) is 5.81. The Morgan fingerprint density at radius 1 is 1.14 bits per heavy atom. The van der Waals surface area contributed by atoms with Gasteiger partial charge in [0.15, 0.2) is 17.9 Å². The van der Waals surface area contributed by atoms with Crippen molar-refractivity contribution in [2.24, 2.45) is 0 Å². The number of anilines is 1. The molecule has 0 radical (unpaired) electrons. The molecule has 9 heteroatoms. The quantitative estimate of drug-likeness (QED) is 0.623. The van der Waals surface area contributed by atoms with Crippen LogP contribution < -0.4 is 4.90 Å². The summed E-state index contributed by atoms with van der Waals surface area (Å²) < 4.78 is 24.5. The van der Waals surface area contributed by atoms with Gasteiger partial charge in [0.05, 0.1) is 18.4 Å². The van der Waals surface area contributed by atoms with Crippen molar-refractivity contribution < 1.29 is 18.7 Å². The van der Waals surface area contributed by atoms with E-state index in [0.29, 0.717) is 30.3 Å². The van der Waals surface area contributed by atoms with E-state index in [-0.39, 0.29) is 5.56 Å². The molecule has 0 amide bonds. The summed E-state index contributed by atoms with van der Waals surface area (Å²) in [5.41, 5.74) is 2.23. The van der Waals surface area contributed by atoms with Crippen molar-refractivity contribution in [2.75, 3.05) is 25.7 Å². The monoisotopic (exact) mass is 395 g/mol. The average molecular weight is 395 g/mol. The van der Waals surface area contributed by atoms with E-state index in [9.17, 15) is 9.18 Å². The van der Waals surface area contributed by atoms with Crippen LogP contribution in [0.25, 0.3) is 11.6 Å². The maximum atomic E-state index is 14.1. The van der Waals surface area contributed by atoms with Crippen molar-refractivity contribution in [3.8, 4) is 11.6 Å². The first-order valence-electron chi connectivity index (χ1n) is 8.92. The van der Waals surface area contributed by atoms with Crippen molar-refractivity contribution in [2.45, 2.75) is 12.6 Å². The Hall–Kier alpha value is -3.46. The van der Waals surface area contributed by atoms with Crippen molar-refractivity contribution in [3.63, 3.8) is 0 Å². The number of carbonyl (C=O) groups is 1. The van der Waals surface area contributed by atoms with Crippen LogP contribution in [0.15, 0.2) is 42.9 Å². The highest BCUT2D eigenvalue weighted by atomic mass is 19.1. The fraction of sp³-hybridized carbons (Fsp3) is 0.250. The SMILES string of the molecule is COC(=O)c1cc(F)cc(N2CCc3nc(-c4ncccn4)ncc3C2OC)c1. The highest BCUT2D eigenvalue weighted by Crippen LogP contribution is 2.34. The lowest BCUT2D eigenvalue weighted by Gasteiger charge is -2.37. The van der Waals surface area contributed by atoms with E-state index in [4.69, 9.17) is 9.47 Å². The molecule has 148 valence electrons. The number of benzene rings is 1. The number of nitrogens with zero attached hydrogens (tertiary/aromatic N) is 5. The molecule has 0 spiro atoms. The van der Waals surface area contributed by atoms with Crippen molar-refractivity contribution >= 4 is 11.7 Å². The van der Waals surface area contributed by atoms with Gasteiger partial charge >= 0.3 is 5.97 Å². The third-order valence-corrected chi connectivity index (χ3v) is 4.66. The summed E-state index contributed by atoms with van der Waals surface area (Å²) in [4.78, 5) is 31.0. The maximum Gasteiger partial charge on any atom is 0.338 e. The molecule has 3 heterocycles. The van der Waals surface area contributed by atoms with Gasteiger partial charge in [0.25, 0.3) is 0 Å². The molecule has 8 nitrogen and oxygen atoms in total. The minimum Gasteiger partial charge on any atom is -0.465 e. The standard InChI is InChI=1S/C20H18FN5O3/c1-28-19-15-11-24-18(17-22-5-3-6-23-17)25-16(15)4-7-26(19)14-9-12(20(27)29-2)8-13(21)10-14/h3,5-6,8-11,19H,4,7H2,1-2H3. The molecule has 1 aliphatic heterocycles. The molecule has 2 aromatic heterocycles. The third-order valence-electron chi connectivity index (χ3n) is 4.66. The molecule has 1 aromatic carbocycles. The second-order valence-electron chi connectivity index (χ2n) is 6.39. The van der Waals surface area contributed by atoms with E-state index in [1.807, 2.05) is 4.90 Å². The second-order valence-corrected chi connectivity index (χ2v) is 6.39. The summed E-state index contributed by atoms with van der Waals surface area (Å²) in [6.45, 7) is 0.516. The molecule has 1 unspecified atom stereocenters. The predicted octanol–water partition coefficient (Wildman–Crippen LogP) is 2.57. The number of carbonyl (C=O) groups excluding carboxylic acids is 1. The number of hydrogen-bond donors (Lipinski definition) is 0. The van der Waals surface area contributed by atoms with Crippen LogP contribution in [0.2, 0.25) is 0 Å². The van der Waals surface area contributed by atoms with Gasteiger partial charge in [-0.15, -0.1) is 0 Å². The van der Waals surface area contributed by atoms with Gasteiger partial charge in [-0.25, -0.2) is 29.1 Å². The number of esters is 1. The molecule has 0 N–H and O–H groups in total. The molecule has 0 bridgehead atoms. The topological polar surface area (TPSA) is 90.3 Å². The fourth-order valence-corrected chi connectivity index (χ4v) is 3.36. The highest BCUT2D eigenvalue weighted by molar-refractivity contribution is 5.90. The number of fused-ring (bicyclic) bond motifs is 1. The van der Waals surface area contributed by atoms with Crippen molar-refractivity contribution in [1.29, 1.82) is 0 Å². The van der Waals surface area contributed by atoms with E-state index in [1.165, 1.54) is 13.2 Å². The van der Waals surface area contributed by atoms with E-state index >= 15 is 0 Å². The largest absolute Gasteiger partial charge is 0.465 e. The second kappa shape index (κ2) is 7.88. The van der Waals surface area contributed by atoms with Crippen LogP contribution in [0.5, 0.6) is 0 Å². The van der Waals surface area contributed by atoms with Crippen LogP contribution in [0.1, 0.15) is 27.8 Å². The highest BCUT2D eigenvalue weighted by Gasteiger charge is 2.30. The van der Waals surface area contributed by atoms with Crippen LogP contribution in [0.4, 0.5) is 10.1 Å². The minimum absolute atomic E-state index is 0.135.